The van der Waals surface area contributed by atoms with E-state index in [4.69, 9.17) is 16.3 Å². The first-order valence-corrected chi connectivity index (χ1v) is 6.60. The summed E-state index contributed by atoms with van der Waals surface area (Å²) in [4.78, 5) is 15.6. The molecule has 0 saturated carbocycles. The molecule has 0 aliphatic carbocycles. The molecule has 0 aliphatic heterocycles. The maximum absolute atomic E-state index is 11.4. The number of likely N-dealkylation sites (N-methyl/N-ethyl adjacent to an activating group) is 1. The fraction of sp³-hybridized carbons (Fsp3) is 0.308. The molecule has 0 fully saturated rings. The Morgan fingerprint density at radius 2 is 2.15 bits per heavy atom. The molecule has 0 bridgehead atoms. The Kier molecular flexibility index (Phi) is 4.95. The lowest BCUT2D eigenvalue weighted by molar-refractivity contribution is -0.120. The topological polar surface area (TPSA) is 79.9 Å². The van der Waals surface area contributed by atoms with E-state index in [1.54, 1.807) is 24.3 Å². The Morgan fingerprint density at radius 1 is 1.40 bits per heavy atom. The van der Waals surface area contributed by atoms with Gasteiger partial charge in [-0.25, -0.2) is 4.98 Å². The van der Waals surface area contributed by atoms with Crippen LogP contribution in [0.4, 0.5) is 0 Å². The lowest BCUT2D eigenvalue weighted by atomic mass is 10.3. The number of halogens is 1. The summed E-state index contributed by atoms with van der Waals surface area (Å²) in [7, 11) is 0. The van der Waals surface area contributed by atoms with E-state index in [2.05, 4.69) is 20.5 Å². The molecule has 1 aromatic heterocycles. The van der Waals surface area contributed by atoms with Gasteiger partial charge in [0.15, 0.2) is 11.6 Å². The minimum absolute atomic E-state index is 0.100. The van der Waals surface area contributed by atoms with Crippen LogP contribution in [-0.4, -0.2) is 27.6 Å². The number of H-pyrrole nitrogens is 1. The van der Waals surface area contributed by atoms with Crippen LogP contribution < -0.4 is 10.1 Å². The quantitative estimate of drug-likeness (QED) is 0.850. The lowest BCUT2D eigenvalue weighted by Gasteiger charge is -2.03. The summed E-state index contributed by atoms with van der Waals surface area (Å²) in [5.74, 6) is 1.61. The highest BCUT2D eigenvalue weighted by atomic mass is 35.5. The Labute approximate surface area is 121 Å². The predicted molar refractivity (Wildman–Crippen MR) is 74.6 cm³/mol. The molecular formula is C13H15ClN4O2. The Morgan fingerprint density at radius 3 is 2.85 bits per heavy atom. The SMILES string of the molecule is CCNC(=O)Cc1n[nH]c(COc2ccc(Cl)cc2)n1. The predicted octanol–water partition coefficient (Wildman–Crippen LogP) is 1.72. The van der Waals surface area contributed by atoms with E-state index in [9.17, 15) is 4.79 Å². The number of nitrogens with one attached hydrogen (secondary N) is 2. The molecule has 0 saturated heterocycles. The highest BCUT2D eigenvalue weighted by molar-refractivity contribution is 6.30. The van der Waals surface area contributed by atoms with Crippen molar-refractivity contribution in [2.75, 3.05) is 6.54 Å². The number of hydrogen-bond donors (Lipinski definition) is 2. The number of hydrogen-bond acceptors (Lipinski definition) is 4. The average molecular weight is 295 g/mol. The average Bonchev–Trinajstić information content (AvgIpc) is 2.86. The van der Waals surface area contributed by atoms with E-state index in [1.807, 2.05) is 6.92 Å². The summed E-state index contributed by atoms with van der Waals surface area (Å²) in [6.07, 6.45) is 0.158. The Bertz CT molecular complexity index is 568. The normalized spacial score (nSPS) is 10.3. The standard InChI is InChI=1S/C13H15ClN4O2/c1-2-15-13(19)7-11-16-12(18-17-11)8-20-10-5-3-9(14)4-6-10/h3-6H,2,7-8H2,1H3,(H,15,19)(H,16,17,18). The maximum atomic E-state index is 11.4. The van der Waals surface area contributed by atoms with Crippen LogP contribution in [0.2, 0.25) is 5.02 Å². The largest absolute Gasteiger partial charge is 0.486 e. The highest BCUT2D eigenvalue weighted by Crippen LogP contribution is 2.16. The number of aromatic nitrogens is 3. The van der Waals surface area contributed by atoms with Gasteiger partial charge in [-0.3, -0.25) is 9.89 Å². The van der Waals surface area contributed by atoms with Gasteiger partial charge < -0.3 is 10.1 Å². The van der Waals surface area contributed by atoms with Gasteiger partial charge in [-0.1, -0.05) is 11.6 Å². The zero-order valence-electron chi connectivity index (χ0n) is 11.0. The van der Waals surface area contributed by atoms with Crippen molar-refractivity contribution in [3.8, 4) is 5.75 Å². The highest BCUT2D eigenvalue weighted by Gasteiger charge is 2.08. The van der Waals surface area contributed by atoms with E-state index >= 15 is 0 Å². The molecule has 106 valence electrons. The molecule has 2 aromatic rings. The van der Waals surface area contributed by atoms with Gasteiger partial charge in [0, 0.05) is 11.6 Å². The zero-order chi connectivity index (χ0) is 14.4. The van der Waals surface area contributed by atoms with Gasteiger partial charge in [-0.2, -0.15) is 5.10 Å². The molecule has 1 aromatic carbocycles. The molecule has 6 nitrogen and oxygen atoms in total. The summed E-state index contributed by atoms with van der Waals surface area (Å²) in [5, 5.41) is 10.1. The fourth-order valence-corrected chi connectivity index (χ4v) is 1.69. The number of ether oxygens (including phenoxy) is 1. The monoisotopic (exact) mass is 294 g/mol. The molecule has 1 amide bonds. The van der Waals surface area contributed by atoms with Crippen molar-refractivity contribution < 1.29 is 9.53 Å². The van der Waals surface area contributed by atoms with Crippen molar-refractivity contribution in [3.05, 3.63) is 40.9 Å². The van der Waals surface area contributed by atoms with Gasteiger partial charge in [0.1, 0.15) is 12.4 Å². The number of nitrogens with zero attached hydrogens (tertiary/aromatic N) is 2. The van der Waals surface area contributed by atoms with E-state index < -0.39 is 0 Å². The van der Waals surface area contributed by atoms with Crippen molar-refractivity contribution in [1.29, 1.82) is 0 Å². The third-order valence-electron chi connectivity index (χ3n) is 2.46. The Balaban J connectivity index is 1.86. The summed E-state index contributed by atoms with van der Waals surface area (Å²) < 4.78 is 5.52. The second kappa shape index (κ2) is 6.91. The molecule has 1 heterocycles. The number of amides is 1. The molecule has 20 heavy (non-hydrogen) atoms. The van der Waals surface area contributed by atoms with Crippen molar-refractivity contribution in [2.45, 2.75) is 20.0 Å². The van der Waals surface area contributed by atoms with Crippen LogP contribution in [0.5, 0.6) is 5.75 Å². The zero-order valence-corrected chi connectivity index (χ0v) is 11.8. The van der Waals surface area contributed by atoms with Crippen molar-refractivity contribution in [3.63, 3.8) is 0 Å². The first-order valence-electron chi connectivity index (χ1n) is 6.22. The molecule has 0 atom stereocenters. The third kappa shape index (κ3) is 4.24. The van der Waals surface area contributed by atoms with Crippen LogP contribution in [0.1, 0.15) is 18.6 Å². The number of benzene rings is 1. The summed E-state index contributed by atoms with van der Waals surface area (Å²) in [6, 6.07) is 7.04. The third-order valence-corrected chi connectivity index (χ3v) is 2.71. The second-order valence-corrected chi connectivity index (χ2v) is 4.51. The first-order chi connectivity index (χ1) is 9.67. The van der Waals surface area contributed by atoms with Crippen LogP contribution in [0, 0.1) is 0 Å². The van der Waals surface area contributed by atoms with Crippen LogP contribution in [0.3, 0.4) is 0 Å². The number of carbonyl (C=O) groups excluding carboxylic acids is 1. The molecule has 0 aliphatic rings. The molecule has 2 rings (SSSR count). The maximum Gasteiger partial charge on any atom is 0.227 e. The van der Waals surface area contributed by atoms with Crippen molar-refractivity contribution >= 4 is 17.5 Å². The second-order valence-electron chi connectivity index (χ2n) is 4.07. The van der Waals surface area contributed by atoms with E-state index in [0.29, 0.717) is 29.0 Å². The van der Waals surface area contributed by atoms with Crippen molar-refractivity contribution in [2.24, 2.45) is 0 Å². The summed E-state index contributed by atoms with van der Waals surface area (Å²) in [6.45, 7) is 2.71. The summed E-state index contributed by atoms with van der Waals surface area (Å²) >= 11 is 5.78. The lowest BCUT2D eigenvalue weighted by Crippen LogP contribution is -2.24. The number of rotatable bonds is 6. The van der Waals surface area contributed by atoms with Crippen LogP contribution in [0.15, 0.2) is 24.3 Å². The van der Waals surface area contributed by atoms with Gasteiger partial charge in [0.05, 0.1) is 6.42 Å². The molecule has 0 radical (unpaired) electrons. The van der Waals surface area contributed by atoms with E-state index in [1.165, 1.54) is 0 Å². The van der Waals surface area contributed by atoms with Gasteiger partial charge in [-0.15, -0.1) is 0 Å². The van der Waals surface area contributed by atoms with Gasteiger partial charge in [0.2, 0.25) is 5.91 Å². The van der Waals surface area contributed by atoms with E-state index in [-0.39, 0.29) is 18.9 Å². The number of carbonyl (C=O) groups is 1. The first kappa shape index (κ1) is 14.3. The minimum atomic E-state index is -0.100. The smallest absolute Gasteiger partial charge is 0.227 e. The minimum Gasteiger partial charge on any atom is -0.486 e. The summed E-state index contributed by atoms with van der Waals surface area (Å²) in [5.41, 5.74) is 0. The molecule has 7 heteroatoms. The van der Waals surface area contributed by atoms with Crippen LogP contribution in [-0.2, 0) is 17.8 Å². The van der Waals surface area contributed by atoms with Crippen molar-refractivity contribution in [1.82, 2.24) is 20.5 Å². The van der Waals surface area contributed by atoms with E-state index in [0.717, 1.165) is 0 Å². The molecule has 0 spiro atoms. The van der Waals surface area contributed by atoms with Gasteiger partial charge in [0.25, 0.3) is 0 Å². The molecular weight excluding hydrogens is 280 g/mol. The van der Waals surface area contributed by atoms with Crippen LogP contribution in [0.25, 0.3) is 0 Å². The van der Waals surface area contributed by atoms with Gasteiger partial charge >= 0.3 is 0 Å². The number of aromatic amines is 1. The van der Waals surface area contributed by atoms with Gasteiger partial charge in [-0.05, 0) is 31.2 Å². The fourth-order valence-electron chi connectivity index (χ4n) is 1.56. The molecule has 2 N–H and O–H groups in total. The van der Waals surface area contributed by atoms with Crippen LogP contribution >= 0.6 is 11.6 Å². The molecule has 0 unspecified atom stereocenters. The Hall–Kier alpha value is -2.08.